The molecule has 0 radical (unpaired) electrons. The van der Waals surface area contributed by atoms with E-state index in [1.165, 1.54) is 0 Å². The number of carbonyl (C=O) groups excluding carboxylic acids is 1. The summed E-state index contributed by atoms with van der Waals surface area (Å²) in [7, 11) is -1.90. The lowest BCUT2D eigenvalue weighted by Crippen LogP contribution is -2.45. The van der Waals surface area contributed by atoms with Crippen LogP contribution in [0.3, 0.4) is 0 Å². The third-order valence-corrected chi connectivity index (χ3v) is 9.13. The zero-order chi connectivity index (χ0) is 18.1. The minimum absolute atomic E-state index is 0.0123. The van der Waals surface area contributed by atoms with Crippen molar-refractivity contribution in [2.75, 3.05) is 6.54 Å². The van der Waals surface area contributed by atoms with Gasteiger partial charge in [0.1, 0.15) is 5.60 Å². The van der Waals surface area contributed by atoms with Gasteiger partial charge in [0, 0.05) is 6.54 Å². The van der Waals surface area contributed by atoms with E-state index >= 15 is 0 Å². The maximum Gasteiger partial charge on any atom is 0.410 e. The van der Waals surface area contributed by atoms with E-state index < -0.39 is 13.9 Å². The fourth-order valence-electron chi connectivity index (χ4n) is 2.40. The maximum atomic E-state index is 12.4. The summed E-state index contributed by atoms with van der Waals surface area (Å²) in [6.45, 7) is 17.1. The number of carbonyl (C=O) groups is 1. The molecule has 1 aliphatic rings. The van der Waals surface area contributed by atoms with Gasteiger partial charge in [-0.2, -0.15) is 5.26 Å². The molecule has 132 valence electrons. The summed E-state index contributed by atoms with van der Waals surface area (Å²) in [5.41, 5.74) is -0.535. The lowest BCUT2D eigenvalue weighted by atomic mass is 10.1. The Morgan fingerprint density at radius 3 is 2.26 bits per heavy atom. The number of ether oxygens (including phenoxy) is 1. The van der Waals surface area contributed by atoms with Crippen molar-refractivity contribution in [2.45, 2.75) is 90.3 Å². The van der Waals surface area contributed by atoms with Crippen molar-refractivity contribution in [1.29, 1.82) is 5.26 Å². The van der Waals surface area contributed by atoms with E-state index in [4.69, 9.17) is 14.4 Å². The van der Waals surface area contributed by atoms with Gasteiger partial charge >= 0.3 is 6.09 Å². The van der Waals surface area contributed by atoms with Gasteiger partial charge in [0.15, 0.2) is 8.32 Å². The monoisotopic (exact) mass is 340 g/mol. The van der Waals surface area contributed by atoms with Gasteiger partial charge < -0.3 is 14.1 Å². The molecule has 1 amide bonds. The number of nitrogens with zero attached hydrogens (tertiary/aromatic N) is 2. The Morgan fingerprint density at radius 2 is 1.83 bits per heavy atom. The molecule has 1 rings (SSSR count). The standard InChI is InChI=1S/C17H32N2O3Si/c1-16(2,3)21-15(20)19-12-14(11-13(19)9-10-18)22-23(7,8)17(4,5)6/h13-14H,9,11-12H2,1-8H3/t13-,14-/m1/s1. The molecule has 0 aromatic carbocycles. The van der Waals surface area contributed by atoms with E-state index in [1.807, 2.05) is 20.8 Å². The summed E-state index contributed by atoms with van der Waals surface area (Å²) in [6, 6.07) is 2.06. The first-order valence-corrected chi connectivity index (χ1v) is 11.2. The van der Waals surface area contributed by atoms with Gasteiger partial charge in [-0.15, -0.1) is 0 Å². The number of hydrogen-bond acceptors (Lipinski definition) is 4. The van der Waals surface area contributed by atoms with Crippen LogP contribution >= 0.6 is 0 Å². The van der Waals surface area contributed by atoms with Crippen LogP contribution in [-0.4, -0.2) is 43.6 Å². The second-order valence-corrected chi connectivity index (χ2v) is 13.6. The molecule has 2 atom stereocenters. The molecular formula is C17H32N2O3Si. The second kappa shape index (κ2) is 6.82. The number of nitriles is 1. The molecule has 0 aliphatic carbocycles. The zero-order valence-corrected chi connectivity index (χ0v) is 16.9. The molecule has 1 saturated heterocycles. The molecule has 0 spiro atoms. The quantitative estimate of drug-likeness (QED) is 0.719. The highest BCUT2D eigenvalue weighted by molar-refractivity contribution is 6.74. The first-order valence-electron chi connectivity index (χ1n) is 8.31. The first kappa shape index (κ1) is 20.0. The third-order valence-electron chi connectivity index (χ3n) is 4.60. The molecule has 5 nitrogen and oxygen atoms in total. The Balaban J connectivity index is 2.82. The molecule has 0 unspecified atom stereocenters. The third kappa shape index (κ3) is 5.50. The lowest BCUT2D eigenvalue weighted by Gasteiger charge is -2.38. The smallest absolute Gasteiger partial charge is 0.410 e. The fraction of sp³-hybridized carbons (Fsp3) is 0.882. The van der Waals surface area contributed by atoms with Crippen LogP contribution in [0.15, 0.2) is 0 Å². The van der Waals surface area contributed by atoms with Crippen LogP contribution in [0.1, 0.15) is 54.4 Å². The summed E-state index contributed by atoms with van der Waals surface area (Å²) < 4.78 is 11.9. The van der Waals surface area contributed by atoms with E-state index in [0.717, 1.165) is 0 Å². The summed E-state index contributed by atoms with van der Waals surface area (Å²) in [5.74, 6) is 0. The summed E-state index contributed by atoms with van der Waals surface area (Å²) in [6.07, 6.45) is 0.663. The van der Waals surface area contributed by atoms with Gasteiger partial charge in [-0.25, -0.2) is 4.79 Å². The Kier molecular flexibility index (Phi) is 5.92. The normalized spacial score (nSPS) is 22.8. The Labute approximate surface area is 142 Å². The number of amides is 1. The van der Waals surface area contributed by atoms with Gasteiger partial charge in [-0.1, -0.05) is 20.8 Å². The van der Waals surface area contributed by atoms with E-state index in [2.05, 4.69) is 39.9 Å². The largest absolute Gasteiger partial charge is 0.444 e. The van der Waals surface area contributed by atoms with Gasteiger partial charge in [-0.05, 0) is 45.3 Å². The minimum atomic E-state index is -1.90. The van der Waals surface area contributed by atoms with Gasteiger partial charge in [-0.3, -0.25) is 0 Å². The van der Waals surface area contributed by atoms with Gasteiger partial charge in [0.25, 0.3) is 0 Å². The number of rotatable bonds is 3. The summed E-state index contributed by atoms with van der Waals surface area (Å²) >= 11 is 0. The van der Waals surface area contributed by atoms with E-state index in [0.29, 0.717) is 19.4 Å². The molecule has 0 aromatic rings. The SMILES string of the molecule is CC(C)(C)OC(=O)N1C[C@H](O[Si](C)(C)C(C)(C)C)C[C@H]1CC#N. The van der Waals surface area contributed by atoms with Crippen molar-refractivity contribution < 1.29 is 14.0 Å². The molecule has 0 N–H and O–H groups in total. The van der Waals surface area contributed by atoms with E-state index in [1.54, 1.807) is 4.90 Å². The van der Waals surface area contributed by atoms with Crippen molar-refractivity contribution >= 4 is 14.4 Å². The second-order valence-electron chi connectivity index (χ2n) is 8.88. The highest BCUT2D eigenvalue weighted by Crippen LogP contribution is 2.39. The minimum Gasteiger partial charge on any atom is -0.444 e. The van der Waals surface area contributed by atoms with Crippen molar-refractivity contribution in [3.05, 3.63) is 0 Å². The molecule has 0 saturated carbocycles. The van der Waals surface area contributed by atoms with Crippen LogP contribution in [-0.2, 0) is 9.16 Å². The molecule has 23 heavy (non-hydrogen) atoms. The molecule has 6 heteroatoms. The van der Waals surface area contributed by atoms with Crippen LogP contribution in [0.25, 0.3) is 0 Å². The first-order chi connectivity index (χ1) is 10.3. The predicted octanol–water partition coefficient (Wildman–Crippen LogP) is 4.30. The van der Waals surface area contributed by atoms with Crippen LogP contribution in [0.5, 0.6) is 0 Å². The van der Waals surface area contributed by atoms with Crippen molar-refractivity contribution in [3.8, 4) is 6.07 Å². The Morgan fingerprint density at radius 1 is 1.26 bits per heavy atom. The molecule has 1 aliphatic heterocycles. The summed E-state index contributed by atoms with van der Waals surface area (Å²) in [4.78, 5) is 14.1. The van der Waals surface area contributed by atoms with E-state index in [-0.39, 0.29) is 23.3 Å². The highest BCUT2D eigenvalue weighted by Gasteiger charge is 2.44. The fourth-order valence-corrected chi connectivity index (χ4v) is 3.75. The van der Waals surface area contributed by atoms with Crippen molar-refractivity contribution in [1.82, 2.24) is 4.90 Å². The van der Waals surface area contributed by atoms with Crippen LogP contribution in [0.2, 0.25) is 18.1 Å². The Hall–Kier alpha value is -1.06. The average molecular weight is 341 g/mol. The van der Waals surface area contributed by atoms with Crippen molar-refractivity contribution in [2.24, 2.45) is 0 Å². The number of hydrogen-bond donors (Lipinski definition) is 0. The van der Waals surface area contributed by atoms with Crippen LogP contribution in [0.4, 0.5) is 4.79 Å². The van der Waals surface area contributed by atoms with Crippen LogP contribution in [0, 0.1) is 11.3 Å². The van der Waals surface area contributed by atoms with Gasteiger partial charge in [0.05, 0.1) is 24.6 Å². The highest BCUT2D eigenvalue weighted by atomic mass is 28.4. The lowest BCUT2D eigenvalue weighted by molar-refractivity contribution is 0.0213. The average Bonchev–Trinajstić information content (AvgIpc) is 2.68. The molecule has 1 fully saturated rings. The predicted molar refractivity (Wildman–Crippen MR) is 93.6 cm³/mol. The van der Waals surface area contributed by atoms with E-state index in [9.17, 15) is 4.79 Å². The molecule has 1 heterocycles. The molecular weight excluding hydrogens is 308 g/mol. The topological polar surface area (TPSA) is 62.6 Å². The maximum absolute atomic E-state index is 12.4. The van der Waals surface area contributed by atoms with Crippen LogP contribution < -0.4 is 0 Å². The summed E-state index contributed by atoms with van der Waals surface area (Å²) in [5, 5.41) is 9.17. The van der Waals surface area contributed by atoms with Gasteiger partial charge in [0.2, 0.25) is 0 Å². The molecule has 0 bridgehead atoms. The number of likely N-dealkylation sites (tertiary alicyclic amines) is 1. The Bertz CT molecular complexity index is 472. The zero-order valence-electron chi connectivity index (χ0n) is 15.9. The molecule has 0 aromatic heterocycles. The van der Waals surface area contributed by atoms with Crippen molar-refractivity contribution in [3.63, 3.8) is 0 Å².